The fourth-order valence-electron chi connectivity index (χ4n) is 7.22. The van der Waals surface area contributed by atoms with Gasteiger partial charge in [0.2, 0.25) is 0 Å². The summed E-state index contributed by atoms with van der Waals surface area (Å²) in [6, 6.07) is 0.605. The average Bonchev–Trinajstić information content (AvgIpc) is 3.36. The minimum atomic E-state index is -0.399. The molecule has 0 spiro atoms. The van der Waals surface area contributed by atoms with Crippen molar-refractivity contribution in [3.05, 3.63) is 0 Å². The van der Waals surface area contributed by atoms with E-state index in [2.05, 4.69) is 10.6 Å². The van der Waals surface area contributed by atoms with Crippen LogP contribution in [0.3, 0.4) is 0 Å². The van der Waals surface area contributed by atoms with Crippen LogP contribution >= 0.6 is 0 Å². The molecule has 7 rings (SSSR count). The largest absolute Gasteiger partial charge is 0.375 e. The fraction of sp³-hybridized carbons (Fsp3) is 0.895. The quantitative estimate of drug-likeness (QED) is 0.656. The third-order valence-corrected chi connectivity index (χ3v) is 8.38. The maximum atomic E-state index is 12.8. The average molecular weight is 345 g/mol. The van der Waals surface area contributed by atoms with Crippen LogP contribution < -0.4 is 10.6 Å². The van der Waals surface area contributed by atoms with Gasteiger partial charge < -0.3 is 20.3 Å². The number of fused-ring (bicyclic) bond motifs is 3. The maximum Gasteiger partial charge on any atom is 0.311 e. The fourth-order valence-corrected chi connectivity index (χ4v) is 7.22. The molecule has 4 heterocycles. The predicted octanol–water partition coefficient (Wildman–Crippen LogP) is -0.0176. The van der Waals surface area contributed by atoms with Gasteiger partial charge in [0, 0.05) is 19.1 Å². The number of nitrogens with zero attached hydrogens (tertiary/aromatic N) is 1. The Labute approximate surface area is 148 Å². The van der Waals surface area contributed by atoms with E-state index in [0.717, 1.165) is 39.1 Å². The first-order valence-electron chi connectivity index (χ1n) is 10.1. The van der Waals surface area contributed by atoms with Gasteiger partial charge in [0.05, 0.1) is 18.8 Å². The van der Waals surface area contributed by atoms with E-state index in [9.17, 15) is 9.59 Å². The van der Waals surface area contributed by atoms with E-state index in [0.29, 0.717) is 41.5 Å². The van der Waals surface area contributed by atoms with Crippen molar-refractivity contribution < 1.29 is 14.3 Å². The summed E-state index contributed by atoms with van der Waals surface area (Å²) in [4.78, 5) is 27.3. The number of hydrogen-bond acceptors (Lipinski definition) is 4. The minimum Gasteiger partial charge on any atom is -0.375 e. The molecule has 3 saturated carbocycles. The molecule has 6 nitrogen and oxygen atoms in total. The number of rotatable bonds is 1. The lowest BCUT2D eigenvalue weighted by Crippen LogP contribution is -2.54. The number of likely N-dealkylation sites (tertiary alicyclic amines) is 1. The van der Waals surface area contributed by atoms with Crippen molar-refractivity contribution in [3.63, 3.8) is 0 Å². The third-order valence-electron chi connectivity index (χ3n) is 8.38. The highest BCUT2D eigenvalue weighted by molar-refractivity contribution is 6.35. The summed E-state index contributed by atoms with van der Waals surface area (Å²) in [5, 5.41) is 6.68. The van der Waals surface area contributed by atoms with E-state index in [1.54, 1.807) is 0 Å². The lowest BCUT2D eigenvalue weighted by molar-refractivity contribution is -0.146. The Kier molecular flexibility index (Phi) is 3.11. The SMILES string of the molecule is O=C(NC1C2CC3COC1C3C2)C(=O)N1CC2C3CCC(NC3)C2C1. The van der Waals surface area contributed by atoms with Gasteiger partial charge in [0.25, 0.3) is 0 Å². The van der Waals surface area contributed by atoms with Crippen LogP contribution in [0.1, 0.15) is 25.7 Å². The maximum absolute atomic E-state index is 12.8. The molecule has 2 amide bonds. The molecule has 0 aromatic heterocycles. The molecule has 9 unspecified atom stereocenters. The summed E-state index contributed by atoms with van der Waals surface area (Å²) in [7, 11) is 0. The third kappa shape index (κ3) is 2.04. The second-order valence-corrected chi connectivity index (χ2v) is 9.34. The Bertz CT molecular complexity index is 595. The molecule has 7 aliphatic rings. The highest BCUT2D eigenvalue weighted by Gasteiger charge is 2.58. The van der Waals surface area contributed by atoms with Crippen LogP contribution in [0.4, 0.5) is 0 Å². The molecule has 4 aliphatic heterocycles. The summed E-state index contributed by atoms with van der Waals surface area (Å²) in [5.74, 6) is 2.94. The van der Waals surface area contributed by atoms with Gasteiger partial charge in [-0.3, -0.25) is 9.59 Å². The van der Waals surface area contributed by atoms with Crippen LogP contribution in [0, 0.1) is 35.5 Å². The first-order valence-corrected chi connectivity index (χ1v) is 10.1. The molecule has 6 heteroatoms. The van der Waals surface area contributed by atoms with E-state index in [4.69, 9.17) is 4.74 Å². The molecule has 0 aromatic carbocycles. The molecule has 0 radical (unpaired) electrons. The molecule has 25 heavy (non-hydrogen) atoms. The van der Waals surface area contributed by atoms with Crippen molar-refractivity contribution in [3.8, 4) is 0 Å². The normalized spacial score (nSPS) is 51.8. The van der Waals surface area contributed by atoms with Gasteiger partial charge in [-0.25, -0.2) is 0 Å². The number of amides is 2. The Hall–Kier alpha value is -1.14. The second-order valence-electron chi connectivity index (χ2n) is 9.34. The summed E-state index contributed by atoms with van der Waals surface area (Å²) >= 11 is 0. The highest BCUT2D eigenvalue weighted by Crippen LogP contribution is 2.53. The van der Waals surface area contributed by atoms with Crippen LogP contribution in [-0.4, -0.2) is 61.1 Å². The van der Waals surface area contributed by atoms with E-state index >= 15 is 0 Å². The predicted molar refractivity (Wildman–Crippen MR) is 89.4 cm³/mol. The summed E-state index contributed by atoms with van der Waals surface area (Å²) in [6.45, 7) is 3.46. The monoisotopic (exact) mass is 345 g/mol. The van der Waals surface area contributed by atoms with Crippen LogP contribution in [0.5, 0.6) is 0 Å². The second kappa shape index (κ2) is 5.19. The number of carbonyl (C=O) groups excluding carboxylic acids is 2. The van der Waals surface area contributed by atoms with Gasteiger partial charge in [-0.1, -0.05) is 0 Å². The Morgan fingerprint density at radius 3 is 2.68 bits per heavy atom. The molecule has 3 aliphatic carbocycles. The van der Waals surface area contributed by atoms with Gasteiger partial charge in [-0.05, 0) is 67.7 Å². The van der Waals surface area contributed by atoms with Crippen molar-refractivity contribution >= 4 is 11.8 Å². The zero-order chi connectivity index (χ0) is 16.7. The molecule has 9 atom stereocenters. The van der Waals surface area contributed by atoms with Crippen molar-refractivity contribution in [1.29, 1.82) is 0 Å². The van der Waals surface area contributed by atoms with Gasteiger partial charge in [0.1, 0.15) is 0 Å². The first kappa shape index (κ1) is 15.0. The van der Waals surface area contributed by atoms with E-state index in [1.807, 2.05) is 4.90 Å². The lowest BCUT2D eigenvalue weighted by Gasteiger charge is -2.45. The Morgan fingerprint density at radius 1 is 1.00 bits per heavy atom. The molecular weight excluding hydrogens is 318 g/mol. The van der Waals surface area contributed by atoms with Crippen LogP contribution in [-0.2, 0) is 14.3 Å². The Morgan fingerprint density at radius 2 is 1.88 bits per heavy atom. The standard InChI is InChI=1S/C19H27N3O3/c23-18(21-16-10-3-11-8-25-17(16)12(11)4-10)19(24)22-6-13-9-1-2-15(20-5-9)14(13)7-22/h9-17,20H,1-8H2,(H,21,23). The van der Waals surface area contributed by atoms with Crippen LogP contribution in [0.25, 0.3) is 0 Å². The van der Waals surface area contributed by atoms with Crippen LogP contribution in [0.2, 0.25) is 0 Å². The summed E-state index contributed by atoms with van der Waals surface area (Å²) in [6.07, 6.45) is 4.98. The molecular formula is C19H27N3O3. The zero-order valence-electron chi connectivity index (χ0n) is 14.5. The number of piperidine rings is 2. The Balaban J connectivity index is 1.13. The highest BCUT2D eigenvalue weighted by atomic mass is 16.5. The number of hydrogen-bond donors (Lipinski definition) is 2. The smallest absolute Gasteiger partial charge is 0.311 e. The van der Waals surface area contributed by atoms with Crippen molar-refractivity contribution in [1.82, 2.24) is 15.5 Å². The first-order chi connectivity index (χ1) is 12.2. The summed E-state index contributed by atoms with van der Waals surface area (Å²) < 4.78 is 5.92. The lowest BCUT2D eigenvalue weighted by atomic mass is 9.68. The van der Waals surface area contributed by atoms with Crippen molar-refractivity contribution in [2.24, 2.45) is 35.5 Å². The minimum absolute atomic E-state index is 0.0583. The molecule has 4 saturated heterocycles. The van der Waals surface area contributed by atoms with Gasteiger partial charge in [0.15, 0.2) is 0 Å². The zero-order valence-corrected chi connectivity index (χ0v) is 14.5. The molecule has 2 N–H and O–H groups in total. The van der Waals surface area contributed by atoms with Gasteiger partial charge in [-0.2, -0.15) is 0 Å². The van der Waals surface area contributed by atoms with Gasteiger partial charge >= 0.3 is 11.8 Å². The molecule has 136 valence electrons. The van der Waals surface area contributed by atoms with Crippen LogP contribution in [0.15, 0.2) is 0 Å². The number of carbonyl (C=O) groups is 2. The van der Waals surface area contributed by atoms with E-state index in [-0.39, 0.29) is 18.1 Å². The van der Waals surface area contributed by atoms with E-state index < -0.39 is 5.91 Å². The van der Waals surface area contributed by atoms with Gasteiger partial charge in [-0.15, -0.1) is 0 Å². The topological polar surface area (TPSA) is 70.7 Å². The molecule has 0 aromatic rings. The summed E-state index contributed by atoms with van der Waals surface area (Å²) in [5.41, 5.74) is 0. The van der Waals surface area contributed by atoms with E-state index in [1.165, 1.54) is 12.8 Å². The number of ether oxygens (including phenoxy) is 1. The molecule has 7 fully saturated rings. The number of nitrogens with one attached hydrogen (secondary N) is 2. The molecule has 4 bridgehead atoms. The van der Waals surface area contributed by atoms with Crippen molar-refractivity contribution in [2.45, 2.75) is 43.9 Å². The van der Waals surface area contributed by atoms with Crippen molar-refractivity contribution in [2.75, 3.05) is 26.2 Å².